The summed E-state index contributed by atoms with van der Waals surface area (Å²) in [6.07, 6.45) is 0.917. The molecule has 0 amide bonds. The Morgan fingerprint density at radius 3 is 2.62 bits per heavy atom. The van der Waals surface area contributed by atoms with Crippen LogP contribution in [-0.4, -0.2) is 20.2 Å². The summed E-state index contributed by atoms with van der Waals surface area (Å²) in [7, 11) is 0. The average Bonchev–Trinajstić information content (AvgIpc) is 2.66. The number of rotatable bonds is 4. The first-order valence-electron chi connectivity index (χ1n) is 5.54. The molecule has 0 bridgehead atoms. The van der Waals surface area contributed by atoms with Gasteiger partial charge in [0.05, 0.1) is 6.54 Å². The van der Waals surface area contributed by atoms with Gasteiger partial charge in [0, 0.05) is 6.42 Å². The van der Waals surface area contributed by atoms with Gasteiger partial charge < -0.3 is 0 Å². The van der Waals surface area contributed by atoms with E-state index in [0.29, 0.717) is 5.92 Å². The van der Waals surface area contributed by atoms with Crippen LogP contribution in [0.1, 0.15) is 25.2 Å². The Labute approximate surface area is 95.3 Å². The van der Waals surface area contributed by atoms with E-state index >= 15 is 0 Å². The summed E-state index contributed by atoms with van der Waals surface area (Å²) < 4.78 is 1.87. The molecule has 1 aromatic heterocycles. The molecular weight excluding hydrogens is 200 g/mol. The lowest BCUT2D eigenvalue weighted by Crippen LogP contribution is -2.09. The molecule has 1 aromatic carbocycles. The van der Waals surface area contributed by atoms with Gasteiger partial charge in [-0.15, -0.1) is 5.10 Å². The summed E-state index contributed by atoms with van der Waals surface area (Å²) in [5.41, 5.74) is 1.22. The first-order chi connectivity index (χ1) is 7.75. The molecule has 1 heterocycles. The molecule has 4 heteroatoms. The third-order valence-electron chi connectivity index (χ3n) is 2.37. The maximum absolute atomic E-state index is 4.05. The van der Waals surface area contributed by atoms with E-state index in [4.69, 9.17) is 0 Å². The fourth-order valence-corrected chi connectivity index (χ4v) is 1.61. The first-order valence-corrected chi connectivity index (χ1v) is 5.54. The van der Waals surface area contributed by atoms with Gasteiger partial charge in [0.1, 0.15) is 0 Å². The molecule has 0 unspecified atom stereocenters. The second-order valence-electron chi connectivity index (χ2n) is 4.34. The van der Waals surface area contributed by atoms with E-state index in [9.17, 15) is 0 Å². The zero-order chi connectivity index (χ0) is 11.4. The van der Waals surface area contributed by atoms with Crippen LogP contribution in [0.2, 0.25) is 0 Å². The Kier molecular flexibility index (Phi) is 3.29. The molecule has 0 saturated carbocycles. The molecule has 0 spiro atoms. The molecule has 16 heavy (non-hydrogen) atoms. The summed E-state index contributed by atoms with van der Waals surface area (Å²) in [4.78, 5) is 0. The van der Waals surface area contributed by atoms with Gasteiger partial charge >= 0.3 is 0 Å². The Balaban J connectivity index is 2.13. The van der Waals surface area contributed by atoms with Gasteiger partial charge in [-0.25, -0.2) is 4.68 Å². The van der Waals surface area contributed by atoms with E-state index in [0.717, 1.165) is 18.8 Å². The molecule has 4 nitrogen and oxygen atoms in total. The van der Waals surface area contributed by atoms with Gasteiger partial charge in [0.25, 0.3) is 0 Å². The molecule has 0 N–H and O–H groups in total. The summed E-state index contributed by atoms with van der Waals surface area (Å²) >= 11 is 0. The van der Waals surface area contributed by atoms with Gasteiger partial charge in [0.2, 0.25) is 0 Å². The highest BCUT2D eigenvalue weighted by molar-refractivity contribution is 5.14. The van der Waals surface area contributed by atoms with Gasteiger partial charge in [-0.3, -0.25) is 0 Å². The van der Waals surface area contributed by atoms with Gasteiger partial charge in [-0.2, -0.15) is 0 Å². The highest BCUT2D eigenvalue weighted by Gasteiger charge is 2.08. The molecule has 0 aliphatic rings. The summed E-state index contributed by atoms with van der Waals surface area (Å²) in [6.45, 7) is 5.08. The van der Waals surface area contributed by atoms with Crippen LogP contribution in [0.3, 0.4) is 0 Å². The number of benzene rings is 1. The van der Waals surface area contributed by atoms with Gasteiger partial charge in [-0.1, -0.05) is 44.2 Å². The third-order valence-corrected chi connectivity index (χ3v) is 2.37. The fourth-order valence-electron chi connectivity index (χ4n) is 1.61. The van der Waals surface area contributed by atoms with E-state index in [1.54, 1.807) is 0 Å². The van der Waals surface area contributed by atoms with Crippen LogP contribution in [0.25, 0.3) is 0 Å². The predicted molar refractivity (Wildman–Crippen MR) is 61.9 cm³/mol. The predicted octanol–water partition coefficient (Wildman–Crippen LogP) is 1.92. The smallest absolute Gasteiger partial charge is 0.151 e. The van der Waals surface area contributed by atoms with Crippen LogP contribution in [0.5, 0.6) is 0 Å². The molecule has 0 radical (unpaired) electrons. The number of hydrogen-bond donors (Lipinski definition) is 0. The molecule has 0 saturated heterocycles. The van der Waals surface area contributed by atoms with Crippen LogP contribution < -0.4 is 0 Å². The second-order valence-corrected chi connectivity index (χ2v) is 4.34. The molecule has 0 atom stereocenters. The van der Waals surface area contributed by atoms with E-state index in [2.05, 4.69) is 41.5 Å². The monoisotopic (exact) mass is 216 g/mol. The highest BCUT2D eigenvalue weighted by atomic mass is 15.5. The van der Waals surface area contributed by atoms with Crippen molar-refractivity contribution in [2.24, 2.45) is 5.92 Å². The summed E-state index contributed by atoms with van der Waals surface area (Å²) in [5, 5.41) is 11.8. The highest BCUT2D eigenvalue weighted by Crippen LogP contribution is 2.06. The lowest BCUT2D eigenvalue weighted by atomic mass is 10.1. The molecule has 0 fully saturated rings. The van der Waals surface area contributed by atoms with Crippen molar-refractivity contribution in [2.75, 3.05) is 0 Å². The third kappa shape index (κ3) is 2.66. The molecular formula is C12H16N4. The molecule has 2 aromatic rings. The lowest BCUT2D eigenvalue weighted by molar-refractivity contribution is 0.560. The maximum atomic E-state index is 4.05. The van der Waals surface area contributed by atoms with E-state index in [-0.39, 0.29) is 0 Å². The second kappa shape index (κ2) is 4.88. The SMILES string of the molecule is CC(C)Cc1nnnn1Cc1ccccc1. The molecule has 0 aliphatic carbocycles. The fraction of sp³-hybridized carbons (Fsp3) is 0.417. The Morgan fingerprint density at radius 1 is 1.19 bits per heavy atom. The number of aromatic nitrogens is 4. The minimum absolute atomic E-state index is 0.570. The summed E-state index contributed by atoms with van der Waals surface area (Å²) in [6, 6.07) is 10.2. The summed E-state index contributed by atoms with van der Waals surface area (Å²) in [5.74, 6) is 1.53. The van der Waals surface area contributed by atoms with Crippen molar-refractivity contribution in [3.8, 4) is 0 Å². The Morgan fingerprint density at radius 2 is 1.94 bits per heavy atom. The van der Waals surface area contributed by atoms with Crippen LogP contribution in [0.4, 0.5) is 0 Å². The minimum atomic E-state index is 0.570. The lowest BCUT2D eigenvalue weighted by Gasteiger charge is -2.06. The maximum Gasteiger partial charge on any atom is 0.151 e. The quantitative estimate of drug-likeness (QED) is 0.784. The van der Waals surface area contributed by atoms with Gasteiger partial charge in [-0.05, 0) is 21.9 Å². The van der Waals surface area contributed by atoms with Crippen molar-refractivity contribution in [1.29, 1.82) is 0 Å². The van der Waals surface area contributed by atoms with E-state index in [1.165, 1.54) is 5.56 Å². The van der Waals surface area contributed by atoms with Crippen molar-refractivity contribution in [3.05, 3.63) is 41.7 Å². The van der Waals surface area contributed by atoms with E-state index in [1.807, 2.05) is 22.9 Å². The van der Waals surface area contributed by atoms with Crippen molar-refractivity contribution in [1.82, 2.24) is 20.2 Å². The Bertz CT molecular complexity index is 433. The standard InChI is InChI=1S/C12H16N4/c1-10(2)8-12-13-14-15-16(12)9-11-6-4-3-5-7-11/h3-7,10H,8-9H2,1-2H3. The first kappa shape index (κ1) is 10.8. The number of hydrogen-bond acceptors (Lipinski definition) is 3. The van der Waals surface area contributed by atoms with Crippen LogP contribution >= 0.6 is 0 Å². The van der Waals surface area contributed by atoms with Crippen molar-refractivity contribution < 1.29 is 0 Å². The van der Waals surface area contributed by atoms with Crippen molar-refractivity contribution >= 4 is 0 Å². The molecule has 84 valence electrons. The Hall–Kier alpha value is -1.71. The van der Waals surface area contributed by atoms with Crippen LogP contribution in [0, 0.1) is 5.92 Å². The van der Waals surface area contributed by atoms with Crippen LogP contribution in [0.15, 0.2) is 30.3 Å². The molecule has 0 aliphatic heterocycles. The zero-order valence-electron chi connectivity index (χ0n) is 9.67. The van der Waals surface area contributed by atoms with E-state index < -0.39 is 0 Å². The molecule has 2 rings (SSSR count). The van der Waals surface area contributed by atoms with Crippen molar-refractivity contribution in [3.63, 3.8) is 0 Å². The number of nitrogens with zero attached hydrogens (tertiary/aromatic N) is 4. The zero-order valence-corrected chi connectivity index (χ0v) is 9.67. The average molecular weight is 216 g/mol. The number of tetrazole rings is 1. The largest absolute Gasteiger partial charge is 0.225 e. The van der Waals surface area contributed by atoms with Crippen molar-refractivity contribution in [2.45, 2.75) is 26.8 Å². The van der Waals surface area contributed by atoms with Gasteiger partial charge in [0.15, 0.2) is 5.82 Å². The minimum Gasteiger partial charge on any atom is -0.225 e. The van der Waals surface area contributed by atoms with Crippen LogP contribution in [-0.2, 0) is 13.0 Å². The topological polar surface area (TPSA) is 43.6 Å². The normalized spacial score (nSPS) is 10.9.